The first-order valence-corrected chi connectivity index (χ1v) is 1.38. The van der Waals surface area contributed by atoms with E-state index in [-0.39, 0.29) is 0 Å². The minimum absolute atomic E-state index is 0.417. The lowest BCUT2D eigenvalue weighted by atomic mass is 11.0. The van der Waals surface area contributed by atoms with Crippen molar-refractivity contribution in [1.82, 2.24) is 10.9 Å². The predicted octanol–water partition coefficient (Wildman–Crippen LogP) is 1.08. The van der Waals surface area contributed by atoms with Crippen molar-refractivity contribution in [3.05, 3.63) is 0 Å². The molecule has 0 spiro atoms. The smallest absolute Gasteiger partial charge is 0.165 e. The van der Waals surface area contributed by atoms with Crippen molar-refractivity contribution >= 4 is 0 Å². The molecule has 0 atom stereocenters. The molecule has 0 fully saturated rings. The van der Waals surface area contributed by atoms with Crippen molar-refractivity contribution in [3.63, 3.8) is 0 Å². The maximum atomic E-state index is 11.0. The van der Waals surface area contributed by atoms with Gasteiger partial charge in [-0.1, -0.05) is 14.5 Å². The van der Waals surface area contributed by atoms with Gasteiger partial charge in [-0.2, -0.15) is 8.78 Å². The third kappa shape index (κ3) is 1.58. The highest BCUT2D eigenvalue weighted by molar-refractivity contribution is 4.39. The third-order valence-corrected chi connectivity index (χ3v) is 0.326. The SMILES string of the molecule is FNC(F)(F)N(F)F. The molecule has 0 radical (unpaired) electrons. The van der Waals surface area contributed by atoms with Crippen molar-refractivity contribution in [2.45, 2.75) is 6.17 Å². The summed E-state index contributed by atoms with van der Waals surface area (Å²) in [5.41, 5.74) is -0.417. The maximum Gasteiger partial charge on any atom is 0.445 e. The zero-order valence-corrected chi connectivity index (χ0v) is 3.34. The molecule has 0 aromatic heterocycles. The summed E-state index contributed by atoms with van der Waals surface area (Å²) in [7, 11) is 0. The zero-order valence-electron chi connectivity index (χ0n) is 3.34. The Morgan fingerprint density at radius 1 is 1.25 bits per heavy atom. The van der Waals surface area contributed by atoms with Gasteiger partial charge in [-0.3, -0.25) is 0 Å². The number of hydrogen-bond donors (Lipinski definition) is 1. The molecule has 0 rings (SSSR count). The van der Waals surface area contributed by atoms with Crippen LogP contribution < -0.4 is 5.54 Å². The fourth-order valence-electron chi connectivity index (χ4n) is 0.0319. The predicted molar refractivity (Wildman–Crippen MR) is 13.2 cm³/mol. The lowest BCUT2D eigenvalue weighted by Gasteiger charge is -2.09. The molecule has 0 saturated heterocycles. The Bertz CT molecular complexity index is 70.8. The second-order valence-electron chi connectivity index (χ2n) is 0.869. The first kappa shape index (κ1) is 7.57. The van der Waals surface area contributed by atoms with E-state index in [2.05, 4.69) is 0 Å². The maximum absolute atomic E-state index is 11.0. The topological polar surface area (TPSA) is 15.3 Å². The largest absolute Gasteiger partial charge is 0.445 e. The number of nitrogens with zero attached hydrogens (tertiary/aromatic N) is 1. The summed E-state index contributed by atoms with van der Waals surface area (Å²) in [5.74, 6) is 0. The molecule has 50 valence electrons. The summed E-state index contributed by atoms with van der Waals surface area (Å²) < 4.78 is 53.6. The molecule has 0 heterocycles. The van der Waals surface area contributed by atoms with Crippen LogP contribution in [0.15, 0.2) is 0 Å². The van der Waals surface area contributed by atoms with Gasteiger partial charge in [-0.05, 0) is 0 Å². The van der Waals surface area contributed by atoms with E-state index < -0.39 is 17.1 Å². The molecule has 2 nitrogen and oxygen atoms in total. The summed E-state index contributed by atoms with van der Waals surface area (Å²) in [6.45, 7) is 0. The van der Waals surface area contributed by atoms with Crippen molar-refractivity contribution in [1.29, 1.82) is 0 Å². The Hall–Kier alpha value is -0.430. The second-order valence-corrected chi connectivity index (χ2v) is 0.869. The Labute approximate surface area is 40.7 Å². The lowest BCUT2D eigenvalue weighted by molar-refractivity contribution is -0.360. The summed E-state index contributed by atoms with van der Waals surface area (Å²) >= 11 is 0. The van der Waals surface area contributed by atoms with Crippen molar-refractivity contribution in [3.8, 4) is 0 Å². The number of nitrogens with one attached hydrogen (secondary N) is 1. The minimum Gasteiger partial charge on any atom is -0.165 e. The first-order chi connectivity index (χ1) is 3.50. The highest BCUT2D eigenvalue weighted by atomic mass is 19.4. The average Bonchev–Trinajstić information content (AvgIpc) is 1.67. The van der Waals surface area contributed by atoms with Gasteiger partial charge >= 0.3 is 6.17 Å². The van der Waals surface area contributed by atoms with Crippen LogP contribution in [0.25, 0.3) is 0 Å². The third-order valence-electron chi connectivity index (χ3n) is 0.326. The standard InChI is InChI=1S/CHF5N2/c2-1(3,7-4)8(5)6/h7H. The van der Waals surface area contributed by atoms with Crippen LogP contribution in [-0.4, -0.2) is 11.5 Å². The number of alkyl halides is 2. The van der Waals surface area contributed by atoms with Crippen LogP contribution in [-0.2, 0) is 0 Å². The first-order valence-electron chi connectivity index (χ1n) is 1.38. The summed E-state index contributed by atoms with van der Waals surface area (Å²) in [6, 6.07) is 0. The second kappa shape index (κ2) is 2.23. The van der Waals surface area contributed by atoms with Crippen LogP contribution in [0.1, 0.15) is 0 Å². The molecule has 0 bridgehead atoms. The van der Waals surface area contributed by atoms with Gasteiger partial charge in [0.2, 0.25) is 0 Å². The van der Waals surface area contributed by atoms with Crippen molar-refractivity contribution in [2.75, 3.05) is 0 Å². The van der Waals surface area contributed by atoms with E-state index in [4.69, 9.17) is 0 Å². The normalized spacial score (nSPS) is 12.8. The van der Waals surface area contributed by atoms with Crippen LogP contribution in [0.3, 0.4) is 0 Å². The molecule has 0 aliphatic rings. The average molecular weight is 136 g/mol. The van der Waals surface area contributed by atoms with E-state index in [0.29, 0.717) is 0 Å². The van der Waals surface area contributed by atoms with Gasteiger partial charge in [0.05, 0.1) is 0 Å². The molecule has 0 aliphatic heterocycles. The van der Waals surface area contributed by atoms with Crippen LogP contribution in [0.5, 0.6) is 0 Å². The molecule has 0 amide bonds. The molecule has 1 N–H and O–H groups in total. The summed E-state index contributed by atoms with van der Waals surface area (Å²) in [4.78, 5) is 0. The highest BCUT2D eigenvalue weighted by Crippen LogP contribution is 2.15. The quantitative estimate of drug-likeness (QED) is 0.264. The van der Waals surface area contributed by atoms with Crippen LogP contribution in [0.2, 0.25) is 0 Å². The fourth-order valence-corrected chi connectivity index (χ4v) is 0.0319. The van der Waals surface area contributed by atoms with Gasteiger partial charge < -0.3 is 0 Å². The van der Waals surface area contributed by atoms with Gasteiger partial charge in [0.15, 0.2) is 0 Å². The molecule has 8 heavy (non-hydrogen) atoms. The van der Waals surface area contributed by atoms with Crippen molar-refractivity contribution < 1.29 is 22.2 Å². The lowest BCUT2D eigenvalue weighted by Crippen LogP contribution is -2.40. The van der Waals surface area contributed by atoms with Crippen LogP contribution in [0.4, 0.5) is 22.2 Å². The minimum atomic E-state index is -4.88. The Morgan fingerprint density at radius 2 is 1.62 bits per heavy atom. The molecular weight excluding hydrogens is 135 g/mol. The van der Waals surface area contributed by atoms with E-state index in [1.54, 1.807) is 0 Å². The Morgan fingerprint density at radius 3 is 1.62 bits per heavy atom. The molecular formula is CHF5N2. The van der Waals surface area contributed by atoms with E-state index >= 15 is 0 Å². The van der Waals surface area contributed by atoms with E-state index in [0.717, 1.165) is 0 Å². The monoisotopic (exact) mass is 136 g/mol. The van der Waals surface area contributed by atoms with Gasteiger partial charge in [0, 0.05) is 0 Å². The van der Waals surface area contributed by atoms with Gasteiger partial charge in [0.1, 0.15) is 5.34 Å². The molecule has 0 aliphatic carbocycles. The number of hydrogen-bond acceptors (Lipinski definition) is 2. The van der Waals surface area contributed by atoms with Crippen molar-refractivity contribution in [2.24, 2.45) is 0 Å². The molecule has 0 aromatic rings. The van der Waals surface area contributed by atoms with Gasteiger partial charge in [0.25, 0.3) is 0 Å². The number of rotatable bonds is 2. The van der Waals surface area contributed by atoms with Gasteiger partial charge in [-0.15, -0.1) is 4.48 Å². The highest BCUT2D eigenvalue weighted by Gasteiger charge is 2.39. The van der Waals surface area contributed by atoms with Crippen LogP contribution >= 0.6 is 0 Å². The molecule has 7 heteroatoms. The molecule has 0 unspecified atom stereocenters. The summed E-state index contributed by atoms with van der Waals surface area (Å²) in [6.07, 6.45) is -4.88. The molecule has 0 aromatic carbocycles. The van der Waals surface area contributed by atoms with Gasteiger partial charge in [-0.25, -0.2) is 0 Å². The Balaban J connectivity index is 3.71. The fraction of sp³-hybridized carbons (Fsp3) is 1.00. The molecule has 0 saturated carbocycles. The summed E-state index contributed by atoms with van der Waals surface area (Å²) in [5, 5.41) is -2.58. The van der Waals surface area contributed by atoms with E-state index in [1.165, 1.54) is 0 Å². The van der Waals surface area contributed by atoms with E-state index in [9.17, 15) is 22.2 Å². The Kier molecular flexibility index (Phi) is 2.11. The number of halogens is 5. The van der Waals surface area contributed by atoms with Crippen LogP contribution in [0, 0.1) is 0 Å². The zero-order chi connectivity index (χ0) is 6.78. The van der Waals surface area contributed by atoms with E-state index in [1.807, 2.05) is 0 Å².